The van der Waals surface area contributed by atoms with Crippen molar-refractivity contribution in [3.8, 4) is 0 Å². The molecule has 0 N–H and O–H groups in total. The highest BCUT2D eigenvalue weighted by molar-refractivity contribution is 5.90. The van der Waals surface area contributed by atoms with Crippen molar-refractivity contribution in [2.75, 3.05) is 4.90 Å². The molecule has 3 aromatic rings. The lowest BCUT2D eigenvalue weighted by Crippen LogP contribution is -2.47. The van der Waals surface area contributed by atoms with E-state index < -0.39 is 0 Å². The number of hydrogen-bond acceptors (Lipinski definition) is 3. The van der Waals surface area contributed by atoms with Gasteiger partial charge in [-0.15, -0.1) is 0 Å². The summed E-state index contributed by atoms with van der Waals surface area (Å²) < 4.78 is 5.64. The maximum Gasteiger partial charge on any atom is 0.414 e. The number of fused-ring (bicyclic) bond motifs is 1. The number of carbonyl (C=O) groups excluding carboxylic acids is 2. The first kappa shape index (κ1) is 21.6. The number of para-hydroxylation sites is 1. The maximum absolute atomic E-state index is 13.1. The van der Waals surface area contributed by atoms with E-state index in [0.717, 1.165) is 22.4 Å². The molecule has 2 atom stereocenters. The fourth-order valence-corrected chi connectivity index (χ4v) is 4.36. The van der Waals surface area contributed by atoms with Gasteiger partial charge in [-0.1, -0.05) is 78.9 Å². The van der Waals surface area contributed by atoms with Gasteiger partial charge in [0.25, 0.3) is 0 Å². The van der Waals surface area contributed by atoms with Crippen molar-refractivity contribution in [1.82, 2.24) is 4.90 Å². The number of carbonyl (C=O) groups is 2. The van der Waals surface area contributed by atoms with Crippen LogP contribution < -0.4 is 4.90 Å². The van der Waals surface area contributed by atoms with Crippen LogP contribution in [0.15, 0.2) is 84.9 Å². The number of hydrogen-bond donors (Lipinski definition) is 0. The first-order chi connectivity index (χ1) is 15.5. The van der Waals surface area contributed by atoms with E-state index in [0.29, 0.717) is 13.0 Å². The summed E-state index contributed by atoms with van der Waals surface area (Å²) in [4.78, 5) is 29.3. The van der Waals surface area contributed by atoms with Gasteiger partial charge < -0.3 is 9.64 Å². The molecule has 0 aromatic heterocycles. The van der Waals surface area contributed by atoms with Gasteiger partial charge in [-0.3, -0.25) is 9.69 Å². The second kappa shape index (κ2) is 9.69. The topological polar surface area (TPSA) is 49.9 Å². The number of nitrogens with zero attached hydrogens (tertiary/aromatic N) is 2. The first-order valence-electron chi connectivity index (χ1n) is 10.9. The van der Waals surface area contributed by atoms with E-state index in [1.807, 2.05) is 96.8 Å². The van der Waals surface area contributed by atoms with Crippen molar-refractivity contribution in [2.24, 2.45) is 0 Å². The second-order valence-electron chi connectivity index (χ2n) is 8.20. The Bertz CT molecular complexity index is 1070. The molecule has 5 nitrogen and oxygen atoms in total. The van der Waals surface area contributed by atoms with Gasteiger partial charge in [0.2, 0.25) is 5.91 Å². The van der Waals surface area contributed by atoms with Crippen LogP contribution in [-0.2, 0) is 22.7 Å². The molecule has 164 valence electrons. The lowest BCUT2D eigenvalue weighted by atomic mass is 9.90. The predicted octanol–water partition coefficient (Wildman–Crippen LogP) is 5.71. The quantitative estimate of drug-likeness (QED) is 0.523. The molecule has 5 heteroatoms. The van der Waals surface area contributed by atoms with Crippen LogP contribution in [0.4, 0.5) is 10.5 Å². The fourth-order valence-electron chi connectivity index (χ4n) is 4.36. The van der Waals surface area contributed by atoms with Crippen LogP contribution >= 0.6 is 0 Å². The molecule has 1 heterocycles. The molecular weight excluding hydrogens is 400 g/mol. The SMILES string of the molecule is CC(=O)N(Cc1ccccc1)[C@H]1C[C@H](C)N(C(=O)OCc2ccccc2)c2ccccc21. The molecule has 0 fully saturated rings. The summed E-state index contributed by atoms with van der Waals surface area (Å²) in [5.41, 5.74) is 3.79. The van der Waals surface area contributed by atoms with Gasteiger partial charge in [-0.25, -0.2) is 4.79 Å². The number of anilines is 1. The van der Waals surface area contributed by atoms with Gasteiger partial charge in [-0.2, -0.15) is 0 Å². The molecule has 32 heavy (non-hydrogen) atoms. The van der Waals surface area contributed by atoms with E-state index in [4.69, 9.17) is 4.74 Å². The third-order valence-electron chi connectivity index (χ3n) is 5.94. The average molecular weight is 429 g/mol. The minimum absolute atomic E-state index is 0.0148. The van der Waals surface area contributed by atoms with Crippen molar-refractivity contribution < 1.29 is 14.3 Å². The van der Waals surface area contributed by atoms with Crippen LogP contribution in [0.25, 0.3) is 0 Å². The molecule has 1 aliphatic rings. The summed E-state index contributed by atoms with van der Waals surface area (Å²) in [5.74, 6) is 0.0148. The van der Waals surface area contributed by atoms with Crippen LogP contribution in [0.3, 0.4) is 0 Å². The molecule has 0 saturated heterocycles. The van der Waals surface area contributed by atoms with Crippen LogP contribution in [0.2, 0.25) is 0 Å². The van der Waals surface area contributed by atoms with Crippen LogP contribution in [-0.4, -0.2) is 22.9 Å². The number of rotatable bonds is 5. The predicted molar refractivity (Wildman–Crippen MR) is 125 cm³/mol. The molecule has 2 amide bonds. The zero-order valence-corrected chi connectivity index (χ0v) is 18.5. The summed E-state index contributed by atoms with van der Waals surface area (Å²) in [7, 11) is 0. The highest BCUT2D eigenvalue weighted by Gasteiger charge is 2.37. The van der Waals surface area contributed by atoms with E-state index in [9.17, 15) is 9.59 Å². The fraction of sp³-hybridized carbons (Fsp3) is 0.259. The second-order valence-corrected chi connectivity index (χ2v) is 8.20. The Labute approximate surface area is 189 Å². The molecule has 0 unspecified atom stereocenters. The molecule has 0 bridgehead atoms. The zero-order valence-electron chi connectivity index (χ0n) is 18.5. The van der Waals surface area contributed by atoms with Crippen LogP contribution in [0, 0.1) is 0 Å². The largest absolute Gasteiger partial charge is 0.444 e. The number of amides is 2. The highest BCUT2D eigenvalue weighted by Crippen LogP contribution is 2.41. The summed E-state index contributed by atoms with van der Waals surface area (Å²) in [6.07, 6.45) is 0.272. The van der Waals surface area contributed by atoms with Crippen LogP contribution in [0.5, 0.6) is 0 Å². The zero-order chi connectivity index (χ0) is 22.5. The molecule has 4 rings (SSSR count). The standard InChI is InChI=1S/C27H28N2O3/c1-20-17-26(28(21(2)30)18-22-11-5-3-6-12-22)24-15-9-10-16-25(24)29(20)27(31)32-19-23-13-7-4-8-14-23/h3-16,20,26H,17-19H2,1-2H3/t20-,26-/m0/s1. The minimum atomic E-state index is -0.371. The molecule has 0 saturated carbocycles. The smallest absolute Gasteiger partial charge is 0.414 e. The molecular formula is C27H28N2O3. The lowest BCUT2D eigenvalue weighted by Gasteiger charge is -2.42. The van der Waals surface area contributed by atoms with Crippen molar-refractivity contribution in [2.45, 2.75) is 45.5 Å². The van der Waals surface area contributed by atoms with Gasteiger partial charge in [0.05, 0.1) is 11.7 Å². The molecule has 0 radical (unpaired) electrons. The third-order valence-corrected chi connectivity index (χ3v) is 5.94. The maximum atomic E-state index is 13.1. The Morgan fingerprint density at radius 3 is 2.16 bits per heavy atom. The highest BCUT2D eigenvalue weighted by atomic mass is 16.6. The first-order valence-corrected chi connectivity index (χ1v) is 10.9. The van der Waals surface area contributed by atoms with Crippen molar-refractivity contribution in [1.29, 1.82) is 0 Å². The van der Waals surface area contributed by atoms with Crippen molar-refractivity contribution in [3.05, 3.63) is 102 Å². The van der Waals surface area contributed by atoms with Gasteiger partial charge in [0.1, 0.15) is 6.61 Å². The Kier molecular flexibility index (Phi) is 6.55. The molecule has 1 aliphatic heterocycles. The van der Waals surface area contributed by atoms with Gasteiger partial charge in [-0.05, 0) is 36.1 Å². The monoisotopic (exact) mass is 428 g/mol. The van der Waals surface area contributed by atoms with E-state index in [-0.39, 0.29) is 30.7 Å². The van der Waals surface area contributed by atoms with Crippen LogP contribution in [0.1, 0.15) is 43.0 Å². The Morgan fingerprint density at radius 1 is 0.906 bits per heavy atom. The summed E-state index contributed by atoms with van der Waals surface area (Å²) in [6, 6.07) is 27.2. The summed E-state index contributed by atoms with van der Waals surface area (Å²) in [5, 5.41) is 0. The van der Waals surface area contributed by atoms with E-state index in [2.05, 4.69) is 0 Å². The number of benzene rings is 3. The third kappa shape index (κ3) is 4.67. The lowest BCUT2D eigenvalue weighted by molar-refractivity contribution is -0.132. The summed E-state index contributed by atoms with van der Waals surface area (Å²) in [6.45, 7) is 4.37. The van der Waals surface area contributed by atoms with E-state index in [1.165, 1.54) is 0 Å². The average Bonchev–Trinajstić information content (AvgIpc) is 2.82. The van der Waals surface area contributed by atoms with E-state index >= 15 is 0 Å². The molecule has 0 spiro atoms. The normalized spacial score (nSPS) is 17.4. The Morgan fingerprint density at radius 2 is 1.50 bits per heavy atom. The van der Waals surface area contributed by atoms with Crippen molar-refractivity contribution in [3.63, 3.8) is 0 Å². The summed E-state index contributed by atoms with van der Waals surface area (Å²) >= 11 is 0. The van der Waals surface area contributed by atoms with Gasteiger partial charge in [0.15, 0.2) is 0 Å². The van der Waals surface area contributed by atoms with E-state index in [1.54, 1.807) is 11.8 Å². The molecule has 3 aromatic carbocycles. The van der Waals surface area contributed by atoms with Crippen molar-refractivity contribution >= 4 is 17.7 Å². The minimum Gasteiger partial charge on any atom is -0.444 e. The van der Waals surface area contributed by atoms with Gasteiger partial charge >= 0.3 is 6.09 Å². The Balaban J connectivity index is 1.59. The Hall–Kier alpha value is -3.60. The molecule has 0 aliphatic carbocycles. The van der Waals surface area contributed by atoms with Gasteiger partial charge in [0, 0.05) is 19.5 Å². The number of ether oxygens (including phenoxy) is 1.